The first-order valence-electron chi connectivity index (χ1n) is 5.88. The van der Waals surface area contributed by atoms with Crippen molar-refractivity contribution in [2.75, 3.05) is 6.61 Å². The first-order chi connectivity index (χ1) is 8.34. The molecular weight excluding hydrogens is 214 g/mol. The van der Waals surface area contributed by atoms with E-state index in [1.54, 1.807) is 0 Å². The van der Waals surface area contributed by atoms with Crippen LogP contribution in [0, 0.1) is 6.92 Å². The molecule has 0 saturated heterocycles. The molecule has 4 nitrogen and oxygen atoms in total. The van der Waals surface area contributed by atoms with Crippen molar-refractivity contribution in [2.45, 2.75) is 26.5 Å². The Kier molecular flexibility index (Phi) is 2.65. The highest BCUT2D eigenvalue weighted by Crippen LogP contribution is 2.15. The minimum Gasteiger partial charge on any atom is -0.372 e. The molecule has 0 unspecified atom stereocenters. The largest absolute Gasteiger partial charge is 0.372 e. The fourth-order valence-corrected chi connectivity index (χ4v) is 2.17. The molecule has 1 aliphatic rings. The van der Waals surface area contributed by atoms with Crippen LogP contribution in [0.3, 0.4) is 0 Å². The van der Waals surface area contributed by atoms with Crippen LogP contribution >= 0.6 is 0 Å². The summed E-state index contributed by atoms with van der Waals surface area (Å²) in [5.41, 5.74) is 2.62. The quantitative estimate of drug-likeness (QED) is 0.787. The predicted octanol–water partition coefficient (Wildman–Crippen LogP) is 1.71. The van der Waals surface area contributed by atoms with E-state index in [0.29, 0.717) is 6.61 Å². The average molecular weight is 229 g/mol. The summed E-state index contributed by atoms with van der Waals surface area (Å²) in [6.45, 7) is 4.34. The minimum absolute atomic E-state index is 0.584. The third kappa shape index (κ3) is 1.96. The van der Waals surface area contributed by atoms with Gasteiger partial charge in [-0.25, -0.2) is 0 Å². The van der Waals surface area contributed by atoms with Crippen LogP contribution in [0.4, 0.5) is 0 Å². The van der Waals surface area contributed by atoms with Crippen LogP contribution in [0.2, 0.25) is 0 Å². The van der Waals surface area contributed by atoms with Crippen LogP contribution in [0.25, 0.3) is 0 Å². The van der Waals surface area contributed by atoms with Crippen molar-refractivity contribution in [2.24, 2.45) is 0 Å². The number of nitrogens with zero attached hydrogens (tertiary/aromatic N) is 3. The third-order valence-electron chi connectivity index (χ3n) is 3.20. The van der Waals surface area contributed by atoms with Crippen molar-refractivity contribution in [1.29, 1.82) is 0 Å². The number of hydrogen-bond donors (Lipinski definition) is 0. The fourth-order valence-electron chi connectivity index (χ4n) is 2.17. The van der Waals surface area contributed by atoms with Crippen LogP contribution in [-0.4, -0.2) is 21.4 Å². The highest BCUT2D eigenvalue weighted by atomic mass is 16.5. The molecule has 0 aliphatic carbocycles. The summed E-state index contributed by atoms with van der Waals surface area (Å²) in [4.78, 5) is 0. The maximum Gasteiger partial charge on any atom is 0.159 e. The Balaban J connectivity index is 1.91. The van der Waals surface area contributed by atoms with Gasteiger partial charge in [-0.3, -0.25) is 0 Å². The van der Waals surface area contributed by atoms with E-state index < -0.39 is 0 Å². The Morgan fingerprint density at radius 2 is 2.18 bits per heavy atom. The lowest BCUT2D eigenvalue weighted by atomic mass is 10.1. The molecule has 88 valence electrons. The van der Waals surface area contributed by atoms with Crippen molar-refractivity contribution in [3.8, 4) is 0 Å². The van der Waals surface area contributed by atoms with Crippen molar-refractivity contribution in [3.63, 3.8) is 0 Å². The second kappa shape index (κ2) is 4.30. The molecule has 1 aliphatic heterocycles. The molecule has 1 aromatic carbocycles. The lowest BCUT2D eigenvalue weighted by Gasteiger charge is -2.15. The molecule has 2 heterocycles. The zero-order valence-electron chi connectivity index (χ0n) is 9.89. The molecule has 0 N–H and O–H groups in total. The van der Waals surface area contributed by atoms with Gasteiger partial charge in [0.05, 0.1) is 6.61 Å². The predicted molar refractivity (Wildman–Crippen MR) is 63.7 cm³/mol. The Bertz CT molecular complexity index is 533. The molecular formula is C13H15N3O. The maximum atomic E-state index is 5.36. The number of rotatable bonds is 2. The van der Waals surface area contributed by atoms with Crippen LogP contribution < -0.4 is 0 Å². The Labute approximate surface area is 100 Å². The van der Waals surface area contributed by atoms with E-state index in [-0.39, 0.29) is 0 Å². The van der Waals surface area contributed by atoms with Gasteiger partial charge in [0.15, 0.2) is 5.82 Å². The highest BCUT2D eigenvalue weighted by Gasteiger charge is 2.16. The first-order valence-corrected chi connectivity index (χ1v) is 5.88. The van der Waals surface area contributed by atoms with E-state index in [4.69, 9.17) is 4.74 Å². The Morgan fingerprint density at radius 3 is 3.06 bits per heavy atom. The molecule has 3 rings (SSSR count). The number of benzene rings is 1. The summed E-state index contributed by atoms with van der Waals surface area (Å²) in [6.07, 6.45) is 0.847. The summed E-state index contributed by atoms with van der Waals surface area (Å²) in [7, 11) is 0. The second-order valence-electron chi connectivity index (χ2n) is 4.34. The lowest BCUT2D eigenvalue weighted by molar-refractivity contribution is 0.0807. The Morgan fingerprint density at radius 1 is 1.29 bits per heavy atom. The van der Waals surface area contributed by atoms with Crippen molar-refractivity contribution < 1.29 is 4.74 Å². The van der Waals surface area contributed by atoms with Crippen LogP contribution in [0.5, 0.6) is 0 Å². The average Bonchev–Trinajstić information content (AvgIpc) is 2.76. The van der Waals surface area contributed by atoms with Gasteiger partial charge in [-0.15, -0.1) is 10.2 Å². The van der Waals surface area contributed by atoms with E-state index in [1.165, 1.54) is 11.1 Å². The number of aryl methyl sites for hydroxylation is 1. The standard InChI is InChI=1S/C13H15N3O/c1-10-4-2-3-5-11(10)8-12-14-15-13-9-17-7-6-16(12)13/h2-5H,6-9H2,1H3. The molecule has 0 radical (unpaired) electrons. The van der Waals surface area contributed by atoms with E-state index in [9.17, 15) is 0 Å². The molecule has 0 bridgehead atoms. The van der Waals surface area contributed by atoms with Crippen LogP contribution in [0.15, 0.2) is 24.3 Å². The zero-order valence-corrected chi connectivity index (χ0v) is 9.89. The number of aromatic nitrogens is 3. The summed E-state index contributed by atoms with van der Waals surface area (Å²) >= 11 is 0. The van der Waals surface area contributed by atoms with Gasteiger partial charge in [0.1, 0.15) is 12.4 Å². The first kappa shape index (κ1) is 10.5. The summed E-state index contributed by atoms with van der Waals surface area (Å²) in [6, 6.07) is 8.41. The van der Waals surface area contributed by atoms with E-state index in [0.717, 1.165) is 31.2 Å². The molecule has 0 fully saturated rings. The van der Waals surface area contributed by atoms with Gasteiger partial charge in [-0.05, 0) is 18.1 Å². The third-order valence-corrected chi connectivity index (χ3v) is 3.20. The Hall–Kier alpha value is -1.68. The van der Waals surface area contributed by atoms with Crippen molar-refractivity contribution >= 4 is 0 Å². The van der Waals surface area contributed by atoms with E-state index >= 15 is 0 Å². The van der Waals surface area contributed by atoms with Gasteiger partial charge < -0.3 is 9.30 Å². The minimum atomic E-state index is 0.584. The van der Waals surface area contributed by atoms with Crippen LogP contribution in [-0.2, 0) is 24.3 Å². The van der Waals surface area contributed by atoms with E-state index in [1.807, 2.05) is 0 Å². The monoisotopic (exact) mass is 229 g/mol. The summed E-state index contributed by atoms with van der Waals surface area (Å²) in [5.74, 6) is 1.98. The molecule has 2 aromatic rings. The molecule has 4 heteroatoms. The van der Waals surface area contributed by atoms with Crippen LogP contribution in [0.1, 0.15) is 22.8 Å². The topological polar surface area (TPSA) is 39.9 Å². The number of hydrogen-bond acceptors (Lipinski definition) is 3. The van der Waals surface area contributed by atoms with Crippen molar-refractivity contribution in [3.05, 3.63) is 47.0 Å². The smallest absolute Gasteiger partial charge is 0.159 e. The van der Waals surface area contributed by atoms with Crippen molar-refractivity contribution in [1.82, 2.24) is 14.8 Å². The number of fused-ring (bicyclic) bond motifs is 1. The molecule has 0 amide bonds. The fraction of sp³-hybridized carbons (Fsp3) is 0.385. The molecule has 0 saturated carbocycles. The van der Waals surface area contributed by atoms with Gasteiger partial charge in [0.2, 0.25) is 0 Å². The normalized spacial score (nSPS) is 14.6. The molecule has 0 spiro atoms. The van der Waals surface area contributed by atoms with Gasteiger partial charge in [0.25, 0.3) is 0 Å². The summed E-state index contributed by atoms with van der Waals surface area (Å²) in [5, 5.41) is 8.44. The van der Waals surface area contributed by atoms with Gasteiger partial charge >= 0.3 is 0 Å². The second-order valence-corrected chi connectivity index (χ2v) is 4.34. The molecule has 1 aromatic heterocycles. The number of ether oxygens (including phenoxy) is 1. The lowest BCUT2D eigenvalue weighted by Crippen LogP contribution is -2.18. The van der Waals surface area contributed by atoms with Gasteiger partial charge in [0, 0.05) is 13.0 Å². The van der Waals surface area contributed by atoms with Gasteiger partial charge in [-0.1, -0.05) is 24.3 Å². The molecule has 17 heavy (non-hydrogen) atoms. The van der Waals surface area contributed by atoms with E-state index in [2.05, 4.69) is 46.0 Å². The summed E-state index contributed by atoms with van der Waals surface area (Å²) < 4.78 is 7.54. The van der Waals surface area contributed by atoms with Gasteiger partial charge in [-0.2, -0.15) is 0 Å². The maximum absolute atomic E-state index is 5.36. The highest BCUT2D eigenvalue weighted by molar-refractivity contribution is 5.28. The zero-order chi connectivity index (χ0) is 11.7. The SMILES string of the molecule is Cc1ccccc1Cc1nnc2n1CCOC2. The molecule has 0 atom stereocenters.